The van der Waals surface area contributed by atoms with Crippen LogP contribution in [0.2, 0.25) is 0 Å². The van der Waals surface area contributed by atoms with Gasteiger partial charge >= 0.3 is 0 Å². The summed E-state index contributed by atoms with van der Waals surface area (Å²) in [4.78, 5) is 35.3. The zero-order valence-electron chi connectivity index (χ0n) is 15.1. The van der Waals surface area contributed by atoms with E-state index in [2.05, 4.69) is 10.6 Å². The maximum absolute atomic E-state index is 13.1. The average molecular weight is 389 g/mol. The van der Waals surface area contributed by atoms with Gasteiger partial charge in [-0.1, -0.05) is 24.3 Å². The van der Waals surface area contributed by atoms with E-state index in [-0.39, 0.29) is 31.7 Å². The molecule has 6 nitrogen and oxygen atoms in total. The molecule has 0 aliphatic rings. The minimum Gasteiger partial charge on any atom is -0.369 e. The average Bonchev–Trinajstić information content (AvgIpc) is 2.64. The van der Waals surface area contributed by atoms with E-state index in [0.717, 1.165) is 0 Å². The van der Waals surface area contributed by atoms with E-state index in [1.165, 1.54) is 30.3 Å². The SMILES string of the molecule is NC(=O)C(CNC(=O)CNC(=O)Cc1cccc(F)c1)Cc1ccc(F)cc1. The van der Waals surface area contributed by atoms with Crippen molar-refractivity contribution in [3.05, 3.63) is 71.3 Å². The first kappa shape index (κ1) is 21.0. The van der Waals surface area contributed by atoms with Gasteiger partial charge in [0.1, 0.15) is 11.6 Å². The monoisotopic (exact) mass is 389 g/mol. The number of hydrogen-bond donors (Lipinski definition) is 3. The first-order valence-corrected chi connectivity index (χ1v) is 8.65. The van der Waals surface area contributed by atoms with Crippen molar-refractivity contribution in [2.24, 2.45) is 11.7 Å². The molecule has 1 atom stereocenters. The van der Waals surface area contributed by atoms with E-state index in [0.29, 0.717) is 11.1 Å². The molecule has 3 amide bonds. The predicted molar refractivity (Wildman–Crippen MR) is 98.9 cm³/mol. The normalized spacial score (nSPS) is 11.5. The molecule has 0 aromatic heterocycles. The molecule has 2 aromatic carbocycles. The highest BCUT2D eigenvalue weighted by Gasteiger charge is 2.17. The number of carbonyl (C=O) groups excluding carboxylic acids is 3. The predicted octanol–water partition coefficient (Wildman–Crippen LogP) is 1.08. The molecule has 4 N–H and O–H groups in total. The fourth-order valence-corrected chi connectivity index (χ4v) is 2.55. The summed E-state index contributed by atoms with van der Waals surface area (Å²) in [6, 6.07) is 11.3. The third-order valence-electron chi connectivity index (χ3n) is 4.04. The van der Waals surface area contributed by atoms with E-state index < -0.39 is 29.5 Å². The summed E-state index contributed by atoms with van der Waals surface area (Å²) in [7, 11) is 0. The third kappa shape index (κ3) is 7.14. The van der Waals surface area contributed by atoms with Crippen LogP contribution in [0.25, 0.3) is 0 Å². The number of halogens is 2. The standard InChI is InChI=1S/C20H21F2N3O3/c21-16-6-4-13(5-7-16)8-15(20(23)28)11-24-19(27)12-25-18(26)10-14-2-1-3-17(22)9-14/h1-7,9,15H,8,10-12H2,(H2,23,28)(H,24,27)(H,25,26). The van der Waals surface area contributed by atoms with Gasteiger partial charge in [-0.05, 0) is 41.8 Å². The van der Waals surface area contributed by atoms with Crippen LogP contribution in [-0.2, 0) is 27.2 Å². The number of hydrogen-bond acceptors (Lipinski definition) is 3. The van der Waals surface area contributed by atoms with Crippen LogP contribution in [-0.4, -0.2) is 30.8 Å². The first-order valence-electron chi connectivity index (χ1n) is 8.65. The number of primary amides is 1. The first-order chi connectivity index (χ1) is 13.3. The smallest absolute Gasteiger partial charge is 0.239 e. The number of benzene rings is 2. The molecule has 2 rings (SSSR count). The van der Waals surface area contributed by atoms with Crippen molar-refractivity contribution >= 4 is 17.7 Å². The number of nitrogens with one attached hydrogen (secondary N) is 2. The fraction of sp³-hybridized carbons (Fsp3) is 0.250. The van der Waals surface area contributed by atoms with E-state index >= 15 is 0 Å². The van der Waals surface area contributed by atoms with Crippen LogP contribution in [0.3, 0.4) is 0 Å². The number of nitrogens with two attached hydrogens (primary N) is 1. The fourth-order valence-electron chi connectivity index (χ4n) is 2.55. The highest BCUT2D eigenvalue weighted by molar-refractivity contribution is 5.86. The molecular weight excluding hydrogens is 368 g/mol. The van der Waals surface area contributed by atoms with Crippen molar-refractivity contribution in [3.63, 3.8) is 0 Å². The Labute approximate surface area is 161 Å². The second-order valence-electron chi connectivity index (χ2n) is 6.32. The highest BCUT2D eigenvalue weighted by Crippen LogP contribution is 2.09. The van der Waals surface area contributed by atoms with Gasteiger partial charge in [0.05, 0.1) is 18.9 Å². The van der Waals surface area contributed by atoms with Crippen molar-refractivity contribution in [2.45, 2.75) is 12.8 Å². The molecule has 0 bridgehead atoms. The van der Waals surface area contributed by atoms with Gasteiger partial charge in [-0.25, -0.2) is 8.78 Å². The molecular formula is C20H21F2N3O3. The summed E-state index contributed by atoms with van der Waals surface area (Å²) in [6.45, 7) is -0.290. The van der Waals surface area contributed by atoms with Gasteiger partial charge in [0.15, 0.2) is 0 Å². The van der Waals surface area contributed by atoms with Gasteiger partial charge in [0, 0.05) is 6.54 Å². The van der Waals surface area contributed by atoms with Crippen molar-refractivity contribution in [1.82, 2.24) is 10.6 Å². The zero-order chi connectivity index (χ0) is 20.5. The number of rotatable bonds is 9. The van der Waals surface area contributed by atoms with Crippen molar-refractivity contribution < 1.29 is 23.2 Å². The van der Waals surface area contributed by atoms with E-state index in [9.17, 15) is 23.2 Å². The summed E-state index contributed by atoms with van der Waals surface area (Å²) in [5.74, 6) is -3.02. The maximum atomic E-state index is 13.1. The van der Waals surface area contributed by atoms with Gasteiger partial charge in [0.25, 0.3) is 0 Å². The van der Waals surface area contributed by atoms with Crippen LogP contribution in [0.15, 0.2) is 48.5 Å². The molecule has 0 saturated heterocycles. The molecule has 1 unspecified atom stereocenters. The second kappa shape index (κ2) is 10.1. The van der Waals surface area contributed by atoms with Crippen LogP contribution >= 0.6 is 0 Å². The lowest BCUT2D eigenvalue weighted by Crippen LogP contribution is -2.42. The van der Waals surface area contributed by atoms with Gasteiger partial charge < -0.3 is 16.4 Å². The molecule has 0 aliphatic heterocycles. The number of amides is 3. The summed E-state index contributed by atoms with van der Waals surface area (Å²) in [5, 5.41) is 4.96. The second-order valence-corrected chi connectivity index (χ2v) is 6.32. The van der Waals surface area contributed by atoms with Crippen LogP contribution in [0, 0.1) is 17.6 Å². The lowest BCUT2D eigenvalue weighted by Gasteiger charge is -2.15. The summed E-state index contributed by atoms with van der Waals surface area (Å²) in [6.07, 6.45) is 0.196. The van der Waals surface area contributed by atoms with Crippen LogP contribution in [0.1, 0.15) is 11.1 Å². The lowest BCUT2D eigenvalue weighted by atomic mass is 9.98. The zero-order valence-corrected chi connectivity index (χ0v) is 15.1. The van der Waals surface area contributed by atoms with Gasteiger partial charge in [-0.3, -0.25) is 14.4 Å². The van der Waals surface area contributed by atoms with Gasteiger partial charge in [-0.2, -0.15) is 0 Å². The molecule has 2 aromatic rings. The van der Waals surface area contributed by atoms with Gasteiger partial charge in [-0.15, -0.1) is 0 Å². The molecule has 0 aliphatic carbocycles. The van der Waals surface area contributed by atoms with Crippen molar-refractivity contribution in [3.8, 4) is 0 Å². The van der Waals surface area contributed by atoms with E-state index in [1.54, 1.807) is 18.2 Å². The minimum absolute atomic E-state index is 0.00862. The Bertz CT molecular complexity index is 841. The Balaban J connectivity index is 1.76. The Morgan fingerprint density at radius 2 is 1.61 bits per heavy atom. The summed E-state index contributed by atoms with van der Waals surface area (Å²) < 4.78 is 26.0. The van der Waals surface area contributed by atoms with Crippen LogP contribution in [0.4, 0.5) is 8.78 Å². The van der Waals surface area contributed by atoms with Gasteiger partial charge in [0.2, 0.25) is 17.7 Å². The highest BCUT2D eigenvalue weighted by atomic mass is 19.1. The maximum Gasteiger partial charge on any atom is 0.239 e. The molecule has 8 heteroatoms. The molecule has 148 valence electrons. The molecule has 0 spiro atoms. The minimum atomic E-state index is -0.669. The molecule has 0 saturated carbocycles. The Kier molecular flexibility index (Phi) is 7.62. The van der Waals surface area contributed by atoms with E-state index in [4.69, 9.17) is 5.73 Å². The molecule has 0 radical (unpaired) electrons. The lowest BCUT2D eigenvalue weighted by molar-refractivity contribution is -0.126. The van der Waals surface area contributed by atoms with Crippen molar-refractivity contribution in [2.75, 3.05) is 13.1 Å². The topological polar surface area (TPSA) is 101 Å². The van der Waals surface area contributed by atoms with Crippen LogP contribution < -0.4 is 16.4 Å². The Morgan fingerprint density at radius 3 is 2.25 bits per heavy atom. The van der Waals surface area contributed by atoms with E-state index in [1.807, 2.05) is 0 Å². The number of carbonyl (C=O) groups is 3. The molecule has 0 heterocycles. The largest absolute Gasteiger partial charge is 0.369 e. The van der Waals surface area contributed by atoms with Crippen molar-refractivity contribution in [1.29, 1.82) is 0 Å². The molecule has 0 fully saturated rings. The Morgan fingerprint density at radius 1 is 0.893 bits per heavy atom. The quantitative estimate of drug-likeness (QED) is 0.598. The van der Waals surface area contributed by atoms with Crippen LogP contribution in [0.5, 0.6) is 0 Å². The molecule has 28 heavy (non-hydrogen) atoms. The Hall–Kier alpha value is -3.29. The summed E-state index contributed by atoms with van der Waals surface area (Å²) in [5.41, 5.74) is 6.56. The summed E-state index contributed by atoms with van der Waals surface area (Å²) >= 11 is 0. The third-order valence-corrected chi connectivity index (χ3v) is 4.04.